The number of amides is 1. The molecule has 7 nitrogen and oxygen atoms in total. The Balaban J connectivity index is 1.56. The molecule has 0 aliphatic carbocycles. The van der Waals surface area contributed by atoms with E-state index in [0.717, 1.165) is 29.7 Å². The zero-order chi connectivity index (χ0) is 24.9. The highest BCUT2D eigenvalue weighted by Gasteiger charge is 2.38. The van der Waals surface area contributed by atoms with E-state index in [1.165, 1.54) is 0 Å². The van der Waals surface area contributed by atoms with E-state index in [4.69, 9.17) is 25.8 Å². The first-order valence-electron chi connectivity index (χ1n) is 12.0. The van der Waals surface area contributed by atoms with E-state index in [9.17, 15) is 9.59 Å². The van der Waals surface area contributed by atoms with Crippen LogP contribution in [0, 0.1) is 0 Å². The van der Waals surface area contributed by atoms with Crippen LogP contribution in [0.15, 0.2) is 53.9 Å². The van der Waals surface area contributed by atoms with E-state index in [2.05, 4.69) is 4.98 Å². The largest absolute Gasteiger partial charge is 0.491 e. The van der Waals surface area contributed by atoms with Gasteiger partial charge >= 0.3 is 5.97 Å². The van der Waals surface area contributed by atoms with Crippen LogP contribution < -0.4 is 4.74 Å². The first kappa shape index (κ1) is 25.2. The third-order valence-corrected chi connectivity index (χ3v) is 6.49. The Morgan fingerprint density at radius 1 is 1.23 bits per heavy atom. The van der Waals surface area contributed by atoms with E-state index < -0.39 is 11.9 Å². The summed E-state index contributed by atoms with van der Waals surface area (Å²) in [5.41, 5.74) is 2.66. The van der Waals surface area contributed by atoms with Crippen molar-refractivity contribution in [3.05, 3.63) is 70.1 Å². The Bertz CT molecular complexity index is 1080. The van der Waals surface area contributed by atoms with Crippen molar-refractivity contribution in [3.63, 3.8) is 0 Å². The molecule has 2 aliphatic rings. The molecule has 1 amide bonds. The van der Waals surface area contributed by atoms with E-state index in [1.54, 1.807) is 30.2 Å². The maximum atomic E-state index is 13.4. The number of carbonyl (C=O) groups excluding carboxylic acids is 2. The summed E-state index contributed by atoms with van der Waals surface area (Å²) in [6.07, 6.45) is 3.71. The molecule has 0 N–H and O–H groups in total. The molecule has 1 fully saturated rings. The van der Waals surface area contributed by atoms with Crippen molar-refractivity contribution >= 4 is 23.5 Å². The number of benzene rings is 1. The van der Waals surface area contributed by atoms with Gasteiger partial charge in [-0.2, -0.15) is 0 Å². The van der Waals surface area contributed by atoms with Crippen LogP contribution in [0.3, 0.4) is 0 Å². The second kappa shape index (κ2) is 11.2. The van der Waals surface area contributed by atoms with Crippen LogP contribution in [0.1, 0.15) is 57.1 Å². The van der Waals surface area contributed by atoms with Gasteiger partial charge in [-0.1, -0.05) is 29.8 Å². The van der Waals surface area contributed by atoms with Crippen molar-refractivity contribution in [1.29, 1.82) is 0 Å². The van der Waals surface area contributed by atoms with E-state index in [1.807, 2.05) is 38.1 Å². The average molecular weight is 499 g/mol. The molecule has 0 saturated carbocycles. The molecule has 1 saturated heterocycles. The number of nitrogens with zero attached hydrogens (tertiary/aromatic N) is 2. The van der Waals surface area contributed by atoms with Gasteiger partial charge < -0.3 is 19.1 Å². The lowest BCUT2D eigenvalue weighted by atomic mass is 9.84. The molecular formula is C27H31ClN2O5. The molecule has 0 radical (unpaired) electrons. The zero-order valence-corrected chi connectivity index (χ0v) is 21.1. The maximum Gasteiger partial charge on any atom is 0.336 e. The minimum Gasteiger partial charge on any atom is -0.491 e. The lowest BCUT2D eigenvalue weighted by Gasteiger charge is -2.35. The zero-order valence-electron chi connectivity index (χ0n) is 20.3. The highest BCUT2D eigenvalue weighted by Crippen LogP contribution is 2.37. The molecule has 2 aromatic rings. The monoisotopic (exact) mass is 498 g/mol. The van der Waals surface area contributed by atoms with Crippen LogP contribution in [0.25, 0.3) is 0 Å². The van der Waals surface area contributed by atoms with Crippen LogP contribution in [-0.4, -0.2) is 47.1 Å². The van der Waals surface area contributed by atoms with Crippen molar-refractivity contribution < 1.29 is 23.8 Å². The second-order valence-corrected chi connectivity index (χ2v) is 9.58. The summed E-state index contributed by atoms with van der Waals surface area (Å²) in [5, 5.41) is 0.352. The molecule has 0 unspecified atom stereocenters. The van der Waals surface area contributed by atoms with E-state index in [-0.39, 0.29) is 31.1 Å². The molecule has 2 aliphatic heterocycles. The van der Waals surface area contributed by atoms with Crippen molar-refractivity contribution in [2.45, 2.75) is 64.8 Å². The van der Waals surface area contributed by atoms with Crippen LogP contribution >= 0.6 is 11.6 Å². The lowest BCUT2D eigenvalue weighted by Crippen LogP contribution is -2.42. The summed E-state index contributed by atoms with van der Waals surface area (Å²) in [7, 11) is 0. The molecule has 3 heterocycles. The molecule has 1 aromatic carbocycles. The number of esters is 1. The number of hydrogen-bond donors (Lipinski definition) is 0. The fourth-order valence-corrected chi connectivity index (χ4v) is 4.64. The first-order chi connectivity index (χ1) is 16.8. The Labute approximate surface area is 211 Å². The molecule has 1 aromatic heterocycles. The summed E-state index contributed by atoms with van der Waals surface area (Å²) in [6.45, 7) is 6.99. The van der Waals surface area contributed by atoms with Gasteiger partial charge in [-0.25, -0.2) is 9.78 Å². The van der Waals surface area contributed by atoms with Crippen LogP contribution in [-0.2, 0) is 25.7 Å². The Morgan fingerprint density at radius 2 is 2.00 bits per heavy atom. The topological polar surface area (TPSA) is 78.0 Å². The van der Waals surface area contributed by atoms with Crippen LogP contribution in [0.2, 0.25) is 5.15 Å². The third-order valence-electron chi connectivity index (χ3n) is 6.27. The SMILES string of the molecule is CC1=C(C(=O)OCc2ccc(OC(C)C)cc2)[C@H](c2ccc(Cl)nc2)CC(=O)N1C[C@H]1CCCO1. The molecule has 2 atom stereocenters. The van der Waals surface area contributed by atoms with Crippen LogP contribution in [0.5, 0.6) is 5.75 Å². The minimum atomic E-state index is -0.456. The molecule has 8 heteroatoms. The number of aromatic nitrogens is 1. The highest BCUT2D eigenvalue weighted by molar-refractivity contribution is 6.29. The number of rotatable bonds is 8. The van der Waals surface area contributed by atoms with Gasteiger partial charge in [0.15, 0.2) is 0 Å². The van der Waals surface area contributed by atoms with Gasteiger partial charge in [0, 0.05) is 30.8 Å². The van der Waals surface area contributed by atoms with Gasteiger partial charge in [0.1, 0.15) is 17.5 Å². The van der Waals surface area contributed by atoms with Crippen molar-refractivity contribution in [3.8, 4) is 5.75 Å². The number of pyridine rings is 1. The van der Waals surface area contributed by atoms with Crippen LogP contribution in [0.4, 0.5) is 0 Å². The minimum absolute atomic E-state index is 0.0218. The number of allylic oxidation sites excluding steroid dienone is 1. The van der Waals surface area contributed by atoms with Gasteiger partial charge in [-0.15, -0.1) is 0 Å². The number of carbonyl (C=O) groups is 2. The summed E-state index contributed by atoms with van der Waals surface area (Å²) in [6, 6.07) is 10.9. The Kier molecular flexibility index (Phi) is 8.08. The molecular weight excluding hydrogens is 468 g/mol. The summed E-state index contributed by atoms with van der Waals surface area (Å²) < 4.78 is 17.2. The first-order valence-corrected chi connectivity index (χ1v) is 12.4. The fourth-order valence-electron chi connectivity index (χ4n) is 4.53. The highest BCUT2D eigenvalue weighted by atomic mass is 35.5. The quantitative estimate of drug-likeness (QED) is 0.375. The van der Waals surface area contributed by atoms with Crippen molar-refractivity contribution in [2.75, 3.05) is 13.2 Å². The van der Waals surface area contributed by atoms with E-state index >= 15 is 0 Å². The predicted octanol–water partition coefficient (Wildman–Crippen LogP) is 5.03. The maximum absolute atomic E-state index is 13.4. The summed E-state index contributed by atoms with van der Waals surface area (Å²) in [4.78, 5) is 32.4. The average Bonchev–Trinajstić information content (AvgIpc) is 3.34. The Morgan fingerprint density at radius 3 is 2.63 bits per heavy atom. The number of halogens is 1. The lowest BCUT2D eigenvalue weighted by molar-refractivity contribution is -0.141. The van der Waals surface area contributed by atoms with Crippen molar-refractivity contribution in [2.24, 2.45) is 0 Å². The number of hydrogen-bond acceptors (Lipinski definition) is 6. The van der Waals surface area contributed by atoms with E-state index in [0.29, 0.717) is 29.6 Å². The molecule has 0 spiro atoms. The number of ether oxygens (including phenoxy) is 3. The van der Waals surface area contributed by atoms with Gasteiger partial charge in [0.2, 0.25) is 5.91 Å². The van der Waals surface area contributed by atoms with Gasteiger partial charge in [-0.05, 0) is 62.9 Å². The summed E-state index contributed by atoms with van der Waals surface area (Å²) >= 11 is 5.97. The molecule has 186 valence electrons. The molecule has 4 rings (SSSR count). The Hall–Kier alpha value is -2.90. The molecule has 0 bridgehead atoms. The predicted molar refractivity (Wildman–Crippen MR) is 132 cm³/mol. The van der Waals surface area contributed by atoms with Gasteiger partial charge in [-0.3, -0.25) is 4.79 Å². The van der Waals surface area contributed by atoms with Gasteiger partial charge in [0.05, 0.1) is 24.3 Å². The van der Waals surface area contributed by atoms with Gasteiger partial charge in [0.25, 0.3) is 0 Å². The standard InChI is InChI=1S/C27H31ClN2O5/c1-17(2)35-21-9-6-19(7-10-21)16-34-27(32)26-18(3)30(15-22-5-4-12-33-22)25(31)13-23(26)20-8-11-24(28)29-14-20/h6-11,14,17,22-23H,4-5,12-13,15-16H2,1-3H3/t22-,23+/m1/s1. The second-order valence-electron chi connectivity index (χ2n) is 9.20. The third kappa shape index (κ3) is 6.21. The smallest absolute Gasteiger partial charge is 0.336 e. The summed E-state index contributed by atoms with van der Waals surface area (Å²) in [5.74, 6) is -0.188. The fraction of sp³-hybridized carbons (Fsp3) is 0.444. The molecule has 35 heavy (non-hydrogen) atoms. The van der Waals surface area contributed by atoms with Crippen molar-refractivity contribution in [1.82, 2.24) is 9.88 Å². The normalized spacial score (nSPS) is 20.5.